The van der Waals surface area contributed by atoms with Crippen LogP contribution in [0.1, 0.15) is 21.5 Å². The van der Waals surface area contributed by atoms with Gasteiger partial charge < -0.3 is 15.0 Å². The van der Waals surface area contributed by atoms with E-state index in [0.29, 0.717) is 29.4 Å². The molecule has 1 aliphatic rings. The number of carbonyl (C=O) groups is 2. The first-order valence-corrected chi connectivity index (χ1v) is 10.1. The number of nitrogens with one attached hydrogen (secondary N) is 1. The third kappa shape index (κ3) is 4.63. The predicted octanol–water partition coefficient (Wildman–Crippen LogP) is 4.24. The zero-order valence-electron chi connectivity index (χ0n) is 16.3. The number of hydrogen-bond acceptors (Lipinski definition) is 3. The lowest BCUT2D eigenvalue weighted by Gasteiger charge is -2.17. The first-order chi connectivity index (χ1) is 14.6. The van der Waals surface area contributed by atoms with Crippen molar-refractivity contribution in [3.63, 3.8) is 0 Å². The second kappa shape index (κ2) is 9.01. The topological polar surface area (TPSA) is 58.6 Å². The maximum absolute atomic E-state index is 12.8. The largest absolute Gasteiger partial charge is 0.484 e. The molecule has 0 spiro atoms. The number of ether oxygens (including phenoxy) is 1. The number of amides is 2. The fourth-order valence-electron chi connectivity index (χ4n) is 3.44. The molecular weight excluding hydrogens is 400 g/mol. The van der Waals surface area contributed by atoms with Gasteiger partial charge in [-0.3, -0.25) is 9.59 Å². The molecule has 2 amide bonds. The van der Waals surface area contributed by atoms with Crippen molar-refractivity contribution in [3.05, 3.63) is 94.5 Å². The molecule has 4 rings (SSSR count). The highest BCUT2D eigenvalue weighted by molar-refractivity contribution is 6.30. The molecule has 0 saturated carbocycles. The molecule has 0 bridgehead atoms. The van der Waals surface area contributed by atoms with E-state index in [1.54, 1.807) is 24.3 Å². The molecule has 30 heavy (non-hydrogen) atoms. The Morgan fingerprint density at radius 2 is 1.77 bits per heavy atom. The highest BCUT2D eigenvalue weighted by Crippen LogP contribution is 2.30. The van der Waals surface area contributed by atoms with Crippen molar-refractivity contribution < 1.29 is 14.3 Å². The number of carbonyl (C=O) groups excluding carboxylic acids is 2. The van der Waals surface area contributed by atoms with E-state index in [4.69, 9.17) is 16.3 Å². The van der Waals surface area contributed by atoms with Gasteiger partial charge in [0.15, 0.2) is 6.61 Å². The number of fused-ring (bicyclic) bond motifs is 1. The summed E-state index contributed by atoms with van der Waals surface area (Å²) in [5, 5.41) is 3.48. The van der Waals surface area contributed by atoms with Gasteiger partial charge in [0.25, 0.3) is 11.8 Å². The number of nitrogens with zero attached hydrogens (tertiary/aromatic N) is 1. The van der Waals surface area contributed by atoms with Gasteiger partial charge in [-0.25, -0.2) is 0 Å². The normalized spacial score (nSPS) is 12.4. The van der Waals surface area contributed by atoms with Crippen LogP contribution in [-0.4, -0.2) is 25.0 Å². The third-order valence-electron chi connectivity index (χ3n) is 4.98. The highest BCUT2D eigenvalue weighted by atomic mass is 35.5. The van der Waals surface area contributed by atoms with Gasteiger partial charge in [-0.15, -0.1) is 0 Å². The van der Waals surface area contributed by atoms with E-state index in [9.17, 15) is 9.59 Å². The molecule has 1 N–H and O–H groups in total. The van der Waals surface area contributed by atoms with Crippen LogP contribution in [0.5, 0.6) is 5.75 Å². The molecule has 5 nitrogen and oxygen atoms in total. The monoisotopic (exact) mass is 420 g/mol. The predicted molar refractivity (Wildman–Crippen MR) is 117 cm³/mol. The standard InChI is InChI=1S/C24H21ClN2O3/c25-20-7-9-21(10-8-20)30-16-23(28)26-15-17-6-11-22-19(14-17)12-13-27(22)24(29)18-4-2-1-3-5-18/h1-11,14H,12-13,15-16H2,(H,26,28). The van der Waals surface area contributed by atoms with Crippen LogP contribution < -0.4 is 15.0 Å². The molecular formula is C24H21ClN2O3. The number of hydrogen-bond donors (Lipinski definition) is 1. The van der Waals surface area contributed by atoms with Crippen molar-refractivity contribution in [2.45, 2.75) is 13.0 Å². The summed E-state index contributed by atoms with van der Waals surface area (Å²) < 4.78 is 5.45. The molecule has 1 heterocycles. The number of anilines is 1. The van der Waals surface area contributed by atoms with Crippen LogP contribution >= 0.6 is 11.6 Å². The summed E-state index contributed by atoms with van der Waals surface area (Å²) in [5.74, 6) is 0.399. The summed E-state index contributed by atoms with van der Waals surface area (Å²) in [6, 6.07) is 22.1. The Bertz CT molecular complexity index is 1050. The van der Waals surface area contributed by atoms with Crippen LogP contribution in [0.25, 0.3) is 0 Å². The number of rotatable bonds is 6. The zero-order chi connectivity index (χ0) is 20.9. The highest BCUT2D eigenvalue weighted by Gasteiger charge is 2.25. The molecule has 152 valence electrons. The molecule has 0 aromatic heterocycles. The van der Waals surface area contributed by atoms with Gasteiger partial charge in [0, 0.05) is 29.4 Å². The van der Waals surface area contributed by atoms with E-state index in [1.165, 1.54) is 0 Å². The summed E-state index contributed by atoms with van der Waals surface area (Å²) >= 11 is 5.83. The first-order valence-electron chi connectivity index (χ1n) is 9.74. The summed E-state index contributed by atoms with van der Waals surface area (Å²) in [5.41, 5.74) is 3.72. The molecule has 0 fully saturated rings. The molecule has 6 heteroatoms. The van der Waals surface area contributed by atoms with Crippen molar-refractivity contribution in [2.75, 3.05) is 18.1 Å². The molecule has 3 aromatic rings. The van der Waals surface area contributed by atoms with Crippen molar-refractivity contribution in [1.29, 1.82) is 0 Å². The lowest BCUT2D eigenvalue weighted by atomic mass is 10.1. The molecule has 0 atom stereocenters. The van der Waals surface area contributed by atoms with Gasteiger partial charge in [-0.1, -0.05) is 41.9 Å². The minimum absolute atomic E-state index is 0.00903. The second-order valence-electron chi connectivity index (χ2n) is 7.06. The Hall–Kier alpha value is -3.31. The Kier molecular flexibility index (Phi) is 6.00. The van der Waals surface area contributed by atoms with Crippen LogP contribution in [-0.2, 0) is 17.8 Å². The van der Waals surface area contributed by atoms with E-state index in [0.717, 1.165) is 23.2 Å². The fraction of sp³-hybridized carbons (Fsp3) is 0.167. The first kappa shape index (κ1) is 20.0. The van der Waals surface area contributed by atoms with Gasteiger partial charge >= 0.3 is 0 Å². The van der Waals surface area contributed by atoms with E-state index >= 15 is 0 Å². The van der Waals surface area contributed by atoms with Crippen molar-refractivity contribution in [3.8, 4) is 5.75 Å². The van der Waals surface area contributed by atoms with E-state index in [2.05, 4.69) is 5.32 Å². The minimum atomic E-state index is -0.202. The SMILES string of the molecule is O=C(COc1ccc(Cl)cc1)NCc1ccc2c(c1)CCN2C(=O)c1ccccc1. The quantitative estimate of drug-likeness (QED) is 0.649. The molecule has 0 radical (unpaired) electrons. The van der Waals surface area contributed by atoms with E-state index in [1.807, 2.05) is 53.4 Å². The summed E-state index contributed by atoms with van der Waals surface area (Å²) in [6.45, 7) is 1.00. The summed E-state index contributed by atoms with van der Waals surface area (Å²) in [6.07, 6.45) is 0.801. The molecule has 3 aromatic carbocycles. The van der Waals surface area contributed by atoms with Crippen molar-refractivity contribution in [1.82, 2.24) is 5.32 Å². The van der Waals surface area contributed by atoms with Crippen molar-refractivity contribution >= 4 is 29.1 Å². The summed E-state index contributed by atoms with van der Waals surface area (Å²) in [4.78, 5) is 26.7. The van der Waals surface area contributed by atoms with Crippen LogP contribution in [0, 0.1) is 0 Å². The Labute approximate surface area is 180 Å². The Morgan fingerprint density at radius 1 is 1.00 bits per heavy atom. The summed E-state index contributed by atoms with van der Waals surface area (Å²) in [7, 11) is 0. The third-order valence-corrected chi connectivity index (χ3v) is 5.23. The molecule has 1 aliphatic heterocycles. The van der Waals surface area contributed by atoms with Gasteiger partial charge in [0.1, 0.15) is 5.75 Å². The average molecular weight is 421 g/mol. The van der Waals surface area contributed by atoms with Gasteiger partial charge in [0.2, 0.25) is 0 Å². The number of halogens is 1. The van der Waals surface area contributed by atoms with Crippen LogP contribution in [0.15, 0.2) is 72.8 Å². The molecule has 0 aliphatic carbocycles. The van der Waals surface area contributed by atoms with Crippen LogP contribution in [0.3, 0.4) is 0 Å². The molecule has 0 unspecified atom stereocenters. The minimum Gasteiger partial charge on any atom is -0.484 e. The fourth-order valence-corrected chi connectivity index (χ4v) is 3.57. The van der Waals surface area contributed by atoms with Crippen LogP contribution in [0.4, 0.5) is 5.69 Å². The number of benzene rings is 3. The lowest BCUT2D eigenvalue weighted by Crippen LogP contribution is -2.29. The Balaban J connectivity index is 1.33. The second-order valence-corrected chi connectivity index (χ2v) is 7.49. The van der Waals surface area contributed by atoms with Crippen LogP contribution in [0.2, 0.25) is 5.02 Å². The van der Waals surface area contributed by atoms with Gasteiger partial charge in [0.05, 0.1) is 0 Å². The maximum Gasteiger partial charge on any atom is 0.258 e. The molecule has 0 saturated heterocycles. The average Bonchev–Trinajstić information content (AvgIpc) is 3.20. The van der Waals surface area contributed by atoms with E-state index < -0.39 is 0 Å². The van der Waals surface area contributed by atoms with Gasteiger partial charge in [-0.05, 0) is 60.0 Å². The van der Waals surface area contributed by atoms with E-state index in [-0.39, 0.29) is 18.4 Å². The zero-order valence-corrected chi connectivity index (χ0v) is 17.1. The lowest BCUT2D eigenvalue weighted by molar-refractivity contribution is -0.123. The smallest absolute Gasteiger partial charge is 0.258 e. The maximum atomic E-state index is 12.8. The Morgan fingerprint density at radius 3 is 2.53 bits per heavy atom. The van der Waals surface area contributed by atoms with Gasteiger partial charge in [-0.2, -0.15) is 0 Å². The van der Waals surface area contributed by atoms with Crippen molar-refractivity contribution in [2.24, 2.45) is 0 Å².